The molecule has 0 bridgehead atoms. The van der Waals surface area contributed by atoms with Crippen molar-refractivity contribution in [3.63, 3.8) is 0 Å². The Balaban J connectivity index is 1.41. The van der Waals surface area contributed by atoms with Crippen molar-refractivity contribution in [1.82, 2.24) is 10.2 Å². The molecule has 1 fully saturated rings. The number of nitrogens with two attached hydrogens (primary N) is 1. The number of nitrogens with one attached hydrogen (secondary N) is 1. The molecule has 3 N–H and O–H groups in total. The summed E-state index contributed by atoms with van der Waals surface area (Å²) >= 11 is 0. The minimum absolute atomic E-state index is 0.275. The first-order chi connectivity index (χ1) is 14.0. The van der Waals surface area contributed by atoms with Crippen LogP contribution in [0.2, 0.25) is 0 Å². The van der Waals surface area contributed by atoms with E-state index in [1.807, 2.05) is 42.5 Å². The molecule has 7 heteroatoms. The molecular weight excluding hydrogens is 368 g/mol. The lowest BCUT2D eigenvalue weighted by Crippen LogP contribution is -2.46. The molecule has 3 aliphatic rings. The van der Waals surface area contributed by atoms with E-state index in [1.54, 1.807) is 4.90 Å². The number of nitrogen functional groups attached to an aromatic ring is 1. The van der Waals surface area contributed by atoms with Crippen molar-refractivity contribution in [1.29, 1.82) is 0 Å². The maximum absolute atomic E-state index is 13.3. The van der Waals surface area contributed by atoms with E-state index in [9.17, 15) is 14.4 Å². The maximum Gasteiger partial charge on any atom is 0.325 e. The first-order valence-corrected chi connectivity index (χ1v) is 9.91. The second kappa shape index (κ2) is 6.34. The fourth-order valence-corrected chi connectivity index (χ4v) is 4.86. The molecule has 2 aromatic rings. The van der Waals surface area contributed by atoms with Gasteiger partial charge < -0.3 is 16.0 Å². The monoisotopic (exact) mass is 390 g/mol. The third kappa shape index (κ3) is 2.53. The third-order valence-corrected chi connectivity index (χ3v) is 6.30. The molecule has 5 rings (SSSR count). The van der Waals surface area contributed by atoms with Crippen molar-refractivity contribution in [2.24, 2.45) is 0 Å². The van der Waals surface area contributed by atoms with Crippen LogP contribution in [0.3, 0.4) is 0 Å². The van der Waals surface area contributed by atoms with Crippen LogP contribution in [0.25, 0.3) is 0 Å². The average molecular weight is 390 g/mol. The number of anilines is 2. The van der Waals surface area contributed by atoms with E-state index in [4.69, 9.17) is 5.73 Å². The van der Waals surface area contributed by atoms with Gasteiger partial charge in [0.05, 0.1) is 0 Å². The summed E-state index contributed by atoms with van der Waals surface area (Å²) in [4.78, 5) is 41.7. The quantitative estimate of drug-likeness (QED) is 0.605. The number of imide groups is 1. The Bertz CT molecular complexity index is 1050. The Morgan fingerprint density at radius 3 is 2.79 bits per heavy atom. The lowest BCUT2D eigenvalue weighted by Gasteiger charge is -2.31. The standard InChI is InChI=1S/C22H22N4O3/c23-17-8-3-9-18-15(17)6-4-12-25(18)19(27)13-26-20(28)22(24-21(26)29)11-10-14-5-1-2-7-16(14)22/h1-3,5,7-9H,4,6,10-13,23H2,(H,24,29). The number of carbonyl (C=O) groups is 3. The van der Waals surface area contributed by atoms with Crippen molar-refractivity contribution in [2.75, 3.05) is 23.7 Å². The van der Waals surface area contributed by atoms with Crippen molar-refractivity contribution >= 4 is 29.2 Å². The zero-order valence-electron chi connectivity index (χ0n) is 16.0. The Kier molecular flexibility index (Phi) is 3.87. The fourth-order valence-electron chi connectivity index (χ4n) is 4.86. The van der Waals surface area contributed by atoms with Crippen LogP contribution in [-0.4, -0.2) is 35.8 Å². The molecule has 1 unspecified atom stereocenters. The van der Waals surface area contributed by atoms with E-state index in [0.29, 0.717) is 18.7 Å². The van der Waals surface area contributed by atoms with Gasteiger partial charge in [0.2, 0.25) is 5.91 Å². The van der Waals surface area contributed by atoms with Gasteiger partial charge in [-0.3, -0.25) is 14.5 Å². The second-order valence-electron chi connectivity index (χ2n) is 7.88. The van der Waals surface area contributed by atoms with Crippen LogP contribution < -0.4 is 16.0 Å². The first-order valence-electron chi connectivity index (χ1n) is 9.91. The lowest BCUT2D eigenvalue weighted by molar-refractivity contribution is -0.134. The summed E-state index contributed by atoms with van der Waals surface area (Å²) in [7, 11) is 0. The zero-order valence-corrected chi connectivity index (χ0v) is 16.0. The van der Waals surface area contributed by atoms with E-state index < -0.39 is 11.6 Å². The molecule has 4 amide bonds. The normalized spacial score (nSPS) is 22.6. The van der Waals surface area contributed by atoms with Gasteiger partial charge in [0.25, 0.3) is 5.91 Å². The minimum Gasteiger partial charge on any atom is -0.398 e. The van der Waals surface area contributed by atoms with Crippen molar-refractivity contribution < 1.29 is 14.4 Å². The smallest absolute Gasteiger partial charge is 0.325 e. The number of aryl methyl sites for hydroxylation is 1. The Morgan fingerprint density at radius 2 is 1.93 bits per heavy atom. The number of hydrogen-bond acceptors (Lipinski definition) is 4. The molecule has 1 aliphatic carbocycles. The molecule has 1 spiro atoms. The van der Waals surface area contributed by atoms with Gasteiger partial charge in [0.15, 0.2) is 0 Å². The van der Waals surface area contributed by atoms with E-state index in [0.717, 1.165) is 46.5 Å². The Morgan fingerprint density at radius 1 is 1.10 bits per heavy atom. The molecule has 29 heavy (non-hydrogen) atoms. The largest absolute Gasteiger partial charge is 0.398 e. The molecule has 1 saturated heterocycles. The molecule has 1 atom stereocenters. The molecule has 0 radical (unpaired) electrons. The van der Waals surface area contributed by atoms with E-state index in [-0.39, 0.29) is 18.4 Å². The number of benzene rings is 2. The minimum atomic E-state index is -1.04. The van der Waals surface area contributed by atoms with Gasteiger partial charge in [0, 0.05) is 17.9 Å². The maximum atomic E-state index is 13.3. The fraction of sp³-hybridized carbons (Fsp3) is 0.318. The number of hydrogen-bond donors (Lipinski definition) is 2. The number of urea groups is 1. The van der Waals surface area contributed by atoms with Crippen LogP contribution >= 0.6 is 0 Å². The summed E-state index contributed by atoms with van der Waals surface area (Å²) in [5, 5.41) is 2.87. The SMILES string of the molecule is Nc1cccc2c1CCCN2C(=O)CN1C(=O)NC2(CCc3ccccc32)C1=O. The summed E-state index contributed by atoms with van der Waals surface area (Å²) in [6, 6.07) is 12.7. The van der Waals surface area contributed by atoms with Crippen LogP contribution in [0, 0.1) is 0 Å². The number of rotatable bonds is 2. The Hall–Kier alpha value is -3.35. The molecule has 0 aromatic heterocycles. The summed E-state index contributed by atoms with van der Waals surface area (Å²) in [6.45, 7) is 0.274. The van der Waals surface area contributed by atoms with Gasteiger partial charge in [-0.1, -0.05) is 30.3 Å². The molecule has 0 saturated carbocycles. The number of amides is 4. The van der Waals surface area contributed by atoms with Crippen LogP contribution in [0.15, 0.2) is 42.5 Å². The lowest BCUT2D eigenvalue weighted by atomic mass is 9.92. The van der Waals surface area contributed by atoms with Crippen LogP contribution in [0.5, 0.6) is 0 Å². The number of fused-ring (bicyclic) bond motifs is 3. The first kappa shape index (κ1) is 17.7. The van der Waals surface area contributed by atoms with Gasteiger partial charge >= 0.3 is 6.03 Å². The molecule has 7 nitrogen and oxygen atoms in total. The van der Waals surface area contributed by atoms with Crippen LogP contribution in [-0.2, 0) is 28.0 Å². The zero-order chi connectivity index (χ0) is 20.2. The second-order valence-corrected chi connectivity index (χ2v) is 7.88. The van der Waals surface area contributed by atoms with E-state index >= 15 is 0 Å². The molecular formula is C22H22N4O3. The molecule has 2 aliphatic heterocycles. The highest BCUT2D eigenvalue weighted by molar-refractivity contribution is 6.11. The van der Waals surface area contributed by atoms with E-state index in [2.05, 4.69) is 5.32 Å². The highest BCUT2D eigenvalue weighted by Gasteiger charge is 2.55. The van der Waals surface area contributed by atoms with E-state index in [1.165, 1.54) is 0 Å². The predicted molar refractivity (Wildman–Crippen MR) is 108 cm³/mol. The summed E-state index contributed by atoms with van der Waals surface area (Å²) in [6.07, 6.45) is 2.85. The number of nitrogens with zero attached hydrogens (tertiary/aromatic N) is 2. The highest BCUT2D eigenvalue weighted by atomic mass is 16.2. The van der Waals surface area contributed by atoms with Crippen LogP contribution in [0.4, 0.5) is 16.2 Å². The van der Waals surface area contributed by atoms with Crippen molar-refractivity contribution in [3.8, 4) is 0 Å². The van der Waals surface area contributed by atoms with Gasteiger partial charge in [-0.2, -0.15) is 0 Å². The predicted octanol–water partition coefficient (Wildman–Crippen LogP) is 1.94. The van der Waals surface area contributed by atoms with Gasteiger partial charge in [-0.15, -0.1) is 0 Å². The summed E-state index contributed by atoms with van der Waals surface area (Å²) in [5.74, 6) is -0.617. The highest BCUT2D eigenvalue weighted by Crippen LogP contribution is 2.41. The van der Waals surface area contributed by atoms with Crippen molar-refractivity contribution in [3.05, 3.63) is 59.2 Å². The van der Waals surface area contributed by atoms with Gasteiger partial charge in [-0.05, 0) is 54.5 Å². The Labute approximate surface area is 168 Å². The summed E-state index contributed by atoms with van der Waals surface area (Å²) < 4.78 is 0. The van der Waals surface area contributed by atoms with Gasteiger partial charge in [-0.25, -0.2) is 4.79 Å². The van der Waals surface area contributed by atoms with Gasteiger partial charge in [0.1, 0.15) is 12.1 Å². The van der Waals surface area contributed by atoms with Crippen LogP contribution in [0.1, 0.15) is 29.5 Å². The average Bonchev–Trinajstić information content (AvgIpc) is 3.21. The third-order valence-electron chi connectivity index (χ3n) is 6.30. The molecule has 148 valence electrons. The number of carbonyl (C=O) groups excluding carboxylic acids is 3. The topological polar surface area (TPSA) is 95.7 Å². The van der Waals surface area contributed by atoms with Crippen molar-refractivity contribution in [2.45, 2.75) is 31.2 Å². The summed E-state index contributed by atoms with van der Waals surface area (Å²) in [5.41, 5.74) is 9.31. The molecule has 2 heterocycles. The molecule has 2 aromatic carbocycles.